The summed E-state index contributed by atoms with van der Waals surface area (Å²) in [6.45, 7) is 2.80. The molecule has 1 aromatic rings. The summed E-state index contributed by atoms with van der Waals surface area (Å²) in [6, 6.07) is 3.43. The number of ether oxygens (including phenoxy) is 2. The lowest BCUT2D eigenvalue weighted by Crippen LogP contribution is -2.55. The van der Waals surface area contributed by atoms with E-state index in [2.05, 4.69) is 0 Å². The molecule has 0 atom stereocenters. The second-order valence-electron chi connectivity index (χ2n) is 6.36. The number of nitro benzene ring substituents is 1. The molecule has 154 valence electrons. The van der Waals surface area contributed by atoms with Crippen LogP contribution in [0.15, 0.2) is 23.1 Å². The van der Waals surface area contributed by atoms with Crippen LogP contribution in [0.25, 0.3) is 0 Å². The van der Waals surface area contributed by atoms with Crippen molar-refractivity contribution < 1.29 is 27.6 Å². The van der Waals surface area contributed by atoms with Gasteiger partial charge >= 0.3 is 11.7 Å². The van der Waals surface area contributed by atoms with Crippen LogP contribution >= 0.6 is 0 Å². The van der Waals surface area contributed by atoms with Crippen molar-refractivity contribution in [3.8, 4) is 5.75 Å². The molecule has 3 rings (SSSR count). The van der Waals surface area contributed by atoms with E-state index in [1.807, 2.05) is 0 Å². The molecular formula is C16H22N4O7S. The Kier molecular flexibility index (Phi) is 6.01. The summed E-state index contributed by atoms with van der Waals surface area (Å²) in [6.07, 6.45) is 0. The van der Waals surface area contributed by atoms with Gasteiger partial charge in [-0.3, -0.25) is 10.1 Å². The number of nitrogens with zero attached hydrogens (tertiary/aromatic N) is 4. The van der Waals surface area contributed by atoms with Crippen molar-refractivity contribution in [3.63, 3.8) is 0 Å². The summed E-state index contributed by atoms with van der Waals surface area (Å²) in [5, 5.41) is 11.2. The van der Waals surface area contributed by atoms with E-state index in [0.29, 0.717) is 26.3 Å². The molecule has 0 unspecified atom stereocenters. The van der Waals surface area contributed by atoms with Gasteiger partial charge in [0.25, 0.3) is 0 Å². The Balaban J connectivity index is 1.70. The predicted octanol–water partition coefficient (Wildman–Crippen LogP) is 0.362. The first-order chi connectivity index (χ1) is 13.3. The Hall–Kier alpha value is -2.44. The second-order valence-corrected chi connectivity index (χ2v) is 8.30. The monoisotopic (exact) mass is 414 g/mol. The first-order valence-electron chi connectivity index (χ1n) is 8.79. The van der Waals surface area contributed by atoms with Crippen LogP contribution in [0.2, 0.25) is 0 Å². The first kappa shape index (κ1) is 20.3. The molecule has 0 aromatic heterocycles. The Bertz CT molecular complexity index is 847. The van der Waals surface area contributed by atoms with Crippen LogP contribution in [0.3, 0.4) is 0 Å². The van der Waals surface area contributed by atoms with E-state index >= 15 is 0 Å². The highest BCUT2D eigenvalue weighted by atomic mass is 32.2. The quantitative estimate of drug-likeness (QED) is 0.515. The standard InChI is InChI=1S/C16H22N4O7S/c1-26-15-3-2-13(12-14(15)20(22)23)28(24,25)19-6-4-17(5-7-19)16(21)18-8-10-27-11-9-18/h2-3,12H,4-11H2,1H3. The molecule has 0 spiro atoms. The maximum Gasteiger partial charge on any atom is 0.320 e. The van der Waals surface area contributed by atoms with Gasteiger partial charge in [0.2, 0.25) is 10.0 Å². The number of piperazine rings is 1. The van der Waals surface area contributed by atoms with Crippen molar-refractivity contribution in [3.05, 3.63) is 28.3 Å². The van der Waals surface area contributed by atoms with Crippen LogP contribution in [0.5, 0.6) is 5.75 Å². The number of benzene rings is 1. The van der Waals surface area contributed by atoms with Crippen LogP contribution in [-0.4, -0.2) is 93.1 Å². The highest BCUT2D eigenvalue weighted by molar-refractivity contribution is 7.89. The number of hydrogen-bond acceptors (Lipinski definition) is 7. The summed E-state index contributed by atoms with van der Waals surface area (Å²) < 4.78 is 37.1. The molecule has 2 aliphatic rings. The number of carbonyl (C=O) groups excluding carboxylic acids is 1. The Labute approximate surface area is 162 Å². The number of methoxy groups -OCH3 is 1. The number of morpholine rings is 1. The van der Waals surface area contributed by atoms with Crippen molar-refractivity contribution >= 4 is 21.7 Å². The summed E-state index contributed by atoms with van der Waals surface area (Å²) in [5.74, 6) is -0.00937. The molecule has 1 aromatic carbocycles. The van der Waals surface area contributed by atoms with Gasteiger partial charge in [0.1, 0.15) is 0 Å². The Morgan fingerprint density at radius 2 is 1.71 bits per heavy atom. The Morgan fingerprint density at radius 3 is 2.29 bits per heavy atom. The number of urea groups is 1. The molecule has 0 aliphatic carbocycles. The van der Waals surface area contributed by atoms with Crippen molar-refractivity contribution in [1.29, 1.82) is 0 Å². The van der Waals surface area contributed by atoms with Gasteiger partial charge in [0, 0.05) is 45.3 Å². The van der Waals surface area contributed by atoms with Gasteiger partial charge in [0.05, 0.1) is 30.1 Å². The van der Waals surface area contributed by atoms with E-state index in [-0.39, 0.29) is 42.9 Å². The number of rotatable bonds is 4. The van der Waals surface area contributed by atoms with Crippen LogP contribution < -0.4 is 4.74 Å². The maximum absolute atomic E-state index is 12.9. The van der Waals surface area contributed by atoms with Gasteiger partial charge in [-0.15, -0.1) is 0 Å². The van der Waals surface area contributed by atoms with Crippen molar-refractivity contribution in [2.24, 2.45) is 0 Å². The SMILES string of the molecule is COc1ccc(S(=O)(=O)N2CCN(C(=O)N3CCOCC3)CC2)cc1[N+](=O)[O-]. The maximum atomic E-state index is 12.9. The molecule has 0 bridgehead atoms. The van der Waals surface area contributed by atoms with E-state index in [9.17, 15) is 23.3 Å². The fourth-order valence-corrected chi connectivity index (χ4v) is 4.64. The minimum atomic E-state index is -3.92. The molecule has 0 N–H and O–H groups in total. The summed E-state index contributed by atoms with van der Waals surface area (Å²) in [5.41, 5.74) is -0.412. The average Bonchev–Trinajstić information content (AvgIpc) is 2.73. The van der Waals surface area contributed by atoms with Crippen LogP contribution in [0.1, 0.15) is 0 Å². The van der Waals surface area contributed by atoms with E-state index < -0.39 is 20.6 Å². The number of hydrogen-bond donors (Lipinski definition) is 0. The number of nitro groups is 1. The zero-order valence-corrected chi connectivity index (χ0v) is 16.3. The number of carbonyl (C=O) groups is 1. The third-order valence-corrected chi connectivity index (χ3v) is 6.67. The topological polar surface area (TPSA) is 123 Å². The third kappa shape index (κ3) is 4.03. The Morgan fingerprint density at radius 1 is 1.11 bits per heavy atom. The second kappa shape index (κ2) is 8.29. The predicted molar refractivity (Wildman–Crippen MR) is 97.8 cm³/mol. The lowest BCUT2D eigenvalue weighted by atomic mass is 10.3. The molecule has 0 saturated carbocycles. The zero-order valence-electron chi connectivity index (χ0n) is 15.4. The van der Waals surface area contributed by atoms with E-state index in [1.165, 1.54) is 23.5 Å². The molecule has 2 saturated heterocycles. The summed E-state index contributed by atoms with van der Waals surface area (Å²) in [7, 11) is -2.64. The summed E-state index contributed by atoms with van der Waals surface area (Å²) in [4.78, 5) is 26.1. The van der Waals surface area contributed by atoms with E-state index in [1.54, 1.807) is 9.80 Å². The van der Waals surface area contributed by atoms with Gasteiger partial charge < -0.3 is 19.3 Å². The van der Waals surface area contributed by atoms with Crippen LogP contribution in [0.4, 0.5) is 10.5 Å². The lowest BCUT2D eigenvalue weighted by molar-refractivity contribution is -0.386. The van der Waals surface area contributed by atoms with Gasteiger partial charge in [-0.25, -0.2) is 13.2 Å². The number of sulfonamides is 1. The van der Waals surface area contributed by atoms with Crippen molar-refractivity contribution in [1.82, 2.24) is 14.1 Å². The fourth-order valence-electron chi connectivity index (χ4n) is 3.20. The van der Waals surface area contributed by atoms with Gasteiger partial charge in [0.15, 0.2) is 5.75 Å². The molecule has 11 nitrogen and oxygen atoms in total. The molecule has 0 radical (unpaired) electrons. The molecule has 2 heterocycles. The van der Waals surface area contributed by atoms with Crippen LogP contribution in [0, 0.1) is 10.1 Å². The number of amides is 2. The molecule has 2 amide bonds. The highest BCUT2D eigenvalue weighted by Gasteiger charge is 2.33. The van der Waals surface area contributed by atoms with Crippen molar-refractivity contribution in [2.45, 2.75) is 4.90 Å². The lowest BCUT2D eigenvalue weighted by Gasteiger charge is -2.38. The third-order valence-electron chi connectivity index (χ3n) is 4.78. The largest absolute Gasteiger partial charge is 0.490 e. The first-order valence-corrected chi connectivity index (χ1v) is 10.2. The minimum absolute atomic E-state index is 0.00937. The van der Waals surface area contributed by atoms with Gasteiger partial charge in [-0.1, -0.05) is 0 Å². The van der Waals surface area contributed by atoms with E-state index in [4.69, 9.17) is 9.47 Å². The molecule has 28 heavy (non-hydrogen) atoms. The molecule has 2 fully saturated rings. The molecular weight excluding hydrogens is 392 g/mol. The van der Waals surface area contributed by atoms with Crippen molar-refractivity contribution in [2.75, 3.05) is 59.6 Å². The smallest absolute Gasteiger partial charge is 0.320 e. The van der Waals surface area contributed by atoms with Crippen LogP contribution in [-0.2, 0) is 14.8 Å². The fraction of sp³-hybridized carbons (Fsp3) is 0.562. The normalized spacial score (nSPS) is 18.8. The summed E-state index contributed by atoms with van der Waals surface area (Å²) >= 11 is 0. The molecule has 12 heteroatoms. The van der Waals surface area contributed by atoms with Gasteiger partial charge in [-0.2, -0.15) is 4.31 Å². The highest BCUT2D eigenvalue weighted by Crippen LogP contribution is 2.30. The van der Waals surface area contributed by atoms with E-state index in [0.717, 1.165) is 6.07 Å². The zero-order chi connectivity index (χ0) is 20.3. The van der Waals surface area contributed by atoms with Gasteiger partial charge in [-0.05, 0) is 12.1 Å². The average molecular weight is 414 g/mol. The minimum Gasteiger partial charge on any atom is -0.490 e. The molecule has 2 aliphatic heterocycles.